The smallest absolute Gasteiger partial charge is 0.262 e. The summed E-state index contributed by atoms with van der Waals surface area (Å²) in [6.07, 6.45) is 4.08. The standard InChI is InChI=1S/C25H23N3O4/c1-4-6-18-8-11-22(23(14-18)30-3)31-16-24(29)28-21-10-9-20(13-17(21)2)32-25-19(15-26)7-5-12-27-25/h4-5,7-14H,1,6,16H2,2-3H3,(H,28,29). The molecule has 7 heteroatoms. The summed E-state index contributed by atoms with van der Waals surface area (Å²) in [5, 5.41) is 12.0. The first-order chi connectivity index (χ1) is 15.5. The van der Waals surface area contributed by atoms with Crippen molar-refractivity contribution in [3.05, 3.63) is 84.1 Å². The Bertz CT molecular complexity index is 1170. The molecule has 162 valence electrons. The van der Waals surface area contributed by atoms with E-state index in [1.54, 1.807) is 55.8 Å². The second-order valence-corrected chi connectivity index (χ2v) is 6.86. The molecular weight excluding hydrogens is 406 g/mol. The highest BCUT2D eigenvalue weighted by Crippen LogP contribution is 2.29. The average Bonchev–Trinajstić information content (AvgIpc) is 2.80. The molecular formula is C25H23N3O4. The summed E-state index contributed by atoms with van der Waals surface area (Å²) in [5.74, 6) is 1.47. The zero-order valence-corrected chi connectivity index (χ0v) is 17.9. The number of anilines is 1. The van der Waals surface area contributed by atoms with Crippen molar-refractivity contribution < 1.29 is 19.0 Å². The normalized spacial score (nSPS) is 10.0. The van der Waals surface area contributed by atoms with Crippen LogP contribution in [0.15, 0.2) is 67.4 Å². The maximum Gasteiger partial charge on any atom is 0.262 e. The molecule has 0 fully saturated rings. The van der Waals surface area contributed by atoms with Gasteiger partial charge in [0.1, 0.15) is 17.4 Å². The number of ether oxygens (including phenoxy) is 3. The van der Waals surface area contributed by atoms with Gasteiger partial charge in [0.2, 0.25) is 5.88 Å². The second-order valence-electron chi connectivity index (χ2n) is 6.86. The number of allylic oxidation sites excluding steroid dienone is 1. The van der Waals surface area contributed by atoms with Crippen molar-refractivity contribution in [1.29, 1.82) is 5.26 Å². The third-order valence-corrected chi connectivity index (χ3v) is 4.54. The van der Waals surface area contributed by atoms with Crippen molar-refractivity contribution in [3.63, 3.8) is 0 Å². The lowest BCUT2D eigenvalue weighted by molar-refractivity contribution is -0.118. The highest BCUT2D eigenvalue weighted by Gasteiger charge is 2.11. The molecule has 0 aliphatic heterocycles. The lowest BCUT2D eigenvalue weighted by atomic mass is 10.1. The molecule has 0 aliphatic rings. The Hall–Kier alpha value is -4.31. The van der Waals surface area contributed by atoms with Crippen LogP contribution in [0, 0.1) is 18.3 Å². The van der Waals surface area contributed by atoms with Gasteiger partial charge in [0, 0.05) is 11.9 Å². The van der Waals surface area contributed by atoms with Gasteiger partial charge in [-0.15, -0.1) is 6.58 Å². The molecule has 2 aromatic carbocycles. The Morgan fingerprint density at radius 1 is 1.22 bits per heavy atom. The Morgan fingerprint density at radius 3 is 2.78 bits per heavy atom. The molecule has 0 atom stereocenters. The number of aromatic nitrogens is 1. The van der Waals surface area contributed by atoms with Crippen molar-refractivity contribution >= 4 is 11.6 Å². The molecule has 32 heavy (non-hydrogen) atoms. The van der Waals surface area contributed by atoms with Crippen LogP contribution in [0.1, 0.15) is 16.7 Å². The summed E-state index contributed by atoms with van der Waals surface area (Å²) in [4.78, 5) is 16.5. The topological polar surface area (TPSA) is 93.5 Å². The number of carbonyl (C=O) groups excluding carboxylic acids is 1. The first-order valence-corrected chi connectivity index (χ1v) is 9.88. The van der Waals surface area contributed by atoms with Crippen LogP contribution < -0.4 is 19.5 Å². The van der Waals surface area contributed by atoms with Gasteiger partial charge in [0.25, 0.3) is 5.91 Å². The zero-order chi connectivity index (χ0) is 22.9. The third-order valence-electron chi connectivity index (χ3n) is 4.54. The minimum absolute atomic E-state index is 0.172. The summed E-state index contributed by atoms with van der Waals surface area (Å²) >= 11 is 0. The van der Waals surface area contributed by atoms with E-state index in [9.17, 15) is 4.79 Å². The molecule has 1 amide bonds. The van der Waals surface area contributed by atoms with E-state index in [1.807, 2.05) is 25.1 Å². The number of aryl methyl sites for hydroxylation is 1. The largest absolute Gasteiger partial charge is 0.493 e. The van der Waals surface area contributed by atoms with Crippen molar-refractivity contribution in [2.24, 2.45) is 0 Å². The molecule has 1 heterocycles. The predicted molar refractivity (Wildman–Crippen MR) is 121 cm³/mol. The summed E-state index contributed by atoms with van der Waals surface area (Å²) in [5.41, 5.74) is 2.80. The van der Waals surface area contributed by atoms with Gasteiger partial charge in [0.15, 0.2) is 18.1 Å². The molecule has 1 N–H and O–H groups in total. The van der Waals surface area contributed by atoms with E-state index in [2.05, 4.69) is 16.9 Å². The van der Waals surface area contributed by atoms with E-state index in [4.69, 9.17) is 19.5 Å². The Morgan fingerprint density at radius 2 is 2.06 bits per heavy atom. The second kappa shape index (κ2) is 10.6. The van der Waals surface area contributed by atoms with Crippen LogP contribution in [0.25, 0.3) is 0 Å². The minimum atomic E-state index is -0.310. The van der Waals surface area contributed by atoms with E-state index in [1.165, 1.54) is 0 Å². The summed E-state index contributed by atoms with van der Waals surface area (Å²) in [7, 11) is 1.55. The highest BCUT2D eigenvalue weighted by molar-refractivity contribution is 5.92. The van der Waals surface area contributed by atoms with Gasteiger partial charge in [-0.25, -0.2) is 4.98 Å². The maximum atomic E-state index is 12.4. The number of nitrogens with zero attached hydrogens (tertiary/aromatic N) is 2. The number of hydrogen-bond acceptors (Lipinski definition) is 6. The summed E-state index contributed by atoms with van der Waals surface area (Å²) in [6, 6.07) is 16.1. The van der Waals surface area contributed by atoms with Crippen molar-refractivity contribution in [1.82, 2.24) is 4.98 Å². The van der Waals surface area contributed by atoms with Crippen LogP contribution in [-0.2, 0) is 11.2 Å². The molecule has 0 radical (unpaired) electrons. The molecule has 0 unspecified atom stereocenters. The Kier molecular flexibility index (Phi) is 7.44. The number of amides is 1. The molecule has 0 saturated carbocycles. The molecule has 0 bridgehead atoms. The van der Waals surface area contributed by atoms with Crippen LogP contribution in [0.5, 0.6) is 23.1 Å². The first-order valence-electron chi connectivity index (χ1n) is 9.88. The Labute approximate surface area is 186 Å². The fraction of sp³-hybridized carbons (Fsp3) is 0.160. The fourth-order valence-electron chi connectivity index (χ4n) is 2.96. The van der Waals surface area contributed by atoms with Gasteiger partial charge in [0.05, 0.1) is 7.11 Å². The first kappa shape index (κ1) is 22.4. The van der Waals surface area contributed by atoms with Crippen LogP contribution in [-0.4, -0.2) is 24.6 Å². The third kappa shape index (κ3) is 5.64. The van der Waals surface area contributed by atoms with Gasteiger partial charge >= 0.3 is 0 Å². The van der Waals surface area contributed by atoms with Crippen LogP contribution >= 0.6 is 0 Å². The van der Waals surface area contributed by atoms with Crippen molar-refractivity contribution in [3.8, 4) is 29.2 Å². The van der Waals surface area contributed by atoms with Gasteiger partial charge in [-0.05, 0) is 66.9 Å². The van der Waals surface area contributed by atoms with E-state index in [-0.39, 0.29) is 18.4 Å². The number of carbonyl (C=O) groups is 1. The zero-order valence-electron chi connectivity index (χ0n) is 17.9. The lowest BCUT2D eigenvalue weighted by Gasteiger charge is -2.13. The summed E-state index contributed by atoms with van der Waals surface area (Å²) < 4.78 is 16.7. The molecule has 3 rings (SSSR count). The summed E-state index contributed by atoms with van der Waals surface area (Å²) in [6.45, 7) is 5.39. The van der Waals surface area contributed by atoms with Gasteiger partial charge in [-0.2, -0.15) is 5.26 Å². The van der Waals surface area contributed by atoms with Gasteiger partial charge < -0.3 is 19.5 Å². The van der Waals surface area contributed by atoms with Crippen LogP contribution in [0.2, 0.25) is 0 Å². The van der Waals surface area contributed by atoms with Crippen molar-refractivity contribution in [2.75, 3.05) is 19.0 Å². The number of hydrogen-bond donors (Lipinski definition) is 1. The molecule has 0 spiro atoms. The minimum Gasteiger partial charge on any atom is -0.493 e. The molecule has 0 aliphatic carbocycles. The number of rotatable bonds is 9. The average molecular weight is 429 g/mol. The fourth-order valence-corrected chi connectivity index (χ4v) is 2.96. The molecule has 3 aromatic rings. The highest BCUT2D eigenvalue weighted by atomic mass is 16.5. The van der Waals surface area contributed by atoms with E-state index < -0.39 is 0 Å². The monoisotopic (exact) mass is 429 g/mol. The van der Waals surface area contributed by atoms with E-state index in [0.717, 1.165) is 11.1 Å². The number of nitrogens with one attached hydrogen (secondary N) is 1. The number of benzene rings is 2. The van der Waals surface area contributed by atoms with E-state index in [0.29, 0.717) is 34.9 Å². The van der Waals surface area contributed by atoms with E-state index >= 15 is 0 Å². The Balaban J connectivity index is 1.62. The van der Waals surface area contributed by atoms with Crippen LogP contribution in [0.4, 0.5) is 5.69 Å². The SMILES string of the molecule is C=CCc1ccc(OCC(=O)Nc2ccc(Oc3ncccc3C#N)cc2C)c(OC)c1. The lowest BCUT2D eigenvalue weighted by Crippen LogP contribution is -2.20. The molecule has 0 saturated heterocycles. The van der Waals surface area contributed by atoms with Gasteiger partial charge in [-0.1, -0.05) is 12.1 Å². The quantitative estimate of drug-likeness (QED) is 0.491. The number of nitriles is 1. The van der Waals surface area contributed by atoms with Crippen LogP contribution in [0.3, 0.4) is 0 Å². The van der Waals surface area contributed by atoms with Crippen molar-refractivity contribution in [2.45, 2.75) is 13.3 Å². The number of pyridine rings is 1. The predicted octanol–water partition coefficient (Wildman–Crippen LogP) is 4.81. The maximum absolute atomic E-state index is 12.4. The van der Waals surface area contributed by atoms with Gasteiger partial charge in [-0.3, -0.25) is 4.79 Å². The number of methoxy groups -OCH3 is 1. The molecule has 7 nitrogen and oxygen atoms in total. The molecule has 1 aromatic heterocycles.